The lowest BCUT2D eigenvalue weighted by Crippen LogP contribution is -2.55. The molecule has 0 spiro atoms. The highest BCUT2D eigenvalue weighted by molar-refractivity contribution is 4.88. The van der Waals surface area contributed by atoms with E-state index in [0.717, 1.165) is 25.8 Å². The Bertz CT molecular complexity index is 265. The quantitative estimate of drug-likeness (QED) is 0.798. The van der Waals surface area contributed by atoms with Gasteiger partial charge in [0.2, 0.25) is 0 Å². The SMILES string of the molecule is CCC(C)N1CCN(CC2(CNC)CCCOC2)CC1. The van der Waals surface area contributed by atoms with Crippen molar-refractivity contribution in [1.29, 1.82) is 0 Å². The van der Waals surface area contributed by atoms with E-state index in [1.54, 1.807) is 0 Å². The van der Waals surface area contributed by atoms with Crippen molar-refractivity contribution < 1.29 is 4.74 Å². The van der Waals surface area contributed by atoms with Gasteiger partial charge in [0.25, 0.3) is 0 Å². The first-order chi connectivity index (χ1) is 9.69. The van der Waals surface area contributed by atoms with E-state index in [1.165, 1.54) is 52.0 Å². The second kappa shape index (κ2) is 7.74. The molecular weight excluding hydrogens is 250 g/mol. The summed E-state index contributed by atoms with van der Waals surface area (Å²) in [5.74, 6) is 0. The zero-order valence-electron chi connectivity index (χ0n) is 13.7. The van der Waals surface area contributed by atoms with Gasteiger partial charge in [0, 0.05) is 57.3 Å². The third-order valence-corrected chi connectivity index (χ3v) is 5.14. The molecule has 4 nitrogen and oxygen atoms in total. The molecule has 0 aromatic carbocycles. The van der Waals surface area contributed by atoms with Gasteiger partial charge in [0.1, 0.15) is 0 Å². The van der Waals surface area contributed by atoms with Crippen LogP contribution in [0.1, 0.15) is 33.1 Å². The molecule has 20 heavy (non-hydrogen) atoms. The number of ether oxygens (including phenoxy) is 1. The second-order valence-electron chi connectivity index (χ2n) is 6.76. The summed E-state index contributed by atoms with van der Waals surface area (Å²) in [4.78, 5) is 5.30. The predicted octanol–water partition coefficient (Wildman–Crippen LogP) is 1.42. The molecule has 118 valence electrons. The van der Waals surface area contributed by atoms with Gasteiger partial charge in [-0.15, -0.1) is 0 Å². The first-order valence-corrected chi connectivity index (χ1v) is 8.38. The summed E-state index contributed by atoms with van der Waals surface area (Å²) in [6, 6.07) is 0.737. The molecule has 2 aliphatic heterocycles. The summed E-state index contributed by atoms with van der Waals surface area (Å²) in [6.07, 6.45) is 3.78. The van der Waals surface area contributed by atoms with E-state index in [0.29, 0.717) is 5.41 Å². The van der Waals surface area contributed by atoms with Crippen LogP contribution in [0.5, 0.6) is 0 Å². The van der Waals surface area contributed by atoms with Gasteiger partial charge in [0.05, 0.1) is 6.61 Å². The molecule has 0 aromatic rings. The highest BCUT2D eigenvalue weighted by Crippen LogP contribution is 2.29. The van der Waals surface area contributed by atoms with Gasteiger partial charge in [0.15, 0.2) is 0 Å². The van der Waals surface area contributed by atoms with E-state index in [1.807, 2.05) is 0 Å². The van der Waals surface area contributed by atoms with Crippen LogP contribution in [-0.4, -0.2) is 75.4 Å². The van der Waals surface area contributed by atoms with Crippen molar-refractivity contribution >= 4 is 0 Å². The van der Waals surface area contributed by atoms with Gasteiger partial charge in [-0.2, -0.15) is 0 Å². The molecule has 0 radical (unpaired) electrons. The van der Waals surface area contributed by atoms with Gasteiger partial charge >= 0.3 is 0 Å². The van der Waals surface area contributed by atoms with Crippen LogP contribution in [0.2, 0.25) is 0 Å². The molecule has 2 aliphatic rings. The molecule has 2 rings (SSSR count). The monoisotopic (exact) mass is 283 g/mol. The molecule has 0 saturated carbocycles. The van der Waals surface area contributed by atoms with Crippen molar-refractivity contribution in [2.24, 2.45) is 5.41 Å². The number of hydrogen-bond acceptors (Lipinski definition) is 4. The molecule has 2 atom stereocenters. The minimum Gasteiger partial charge on any atom is -0.381 e. The molecule has 4 heteroatoms. The van der Waals surface area contributed by atoms with Crippen LogP contribution in [0.3, 0.4) is 0 Å². The Morgan fingerprint density at radius 1 is 1.25 bits per heavy atom. The normalized spacial score (nSPS) is 31.4. The topological polar surface area (TPSA) is 27.7 Å². The molecule has 2 heterocycles. The summed E-state index contributed by atoms with van der Waals surface area (Å²) < 4.78 is 5.78. The number of piperazine rings is 1. The lowest BCUT2D eigenvalue weighted by Gasteiger charge is -2.44. The van der Waals surface area contributed by atoms with Gasteiger partial charge in [-0.3, -0.25) is 4.90 Å². The summed E-state index contributed by atoms with van der Waals surface area (Å²) in [6.45, 7) is 13.7. The Morgan fingerprint density at radius 2 is 2.00 bits per heavy atom. The fraction of sp³-hybridized carbons (Fsp3) is 1.00. The zero-order chi connectivity index (χ0) is 14.4. The largest absolute Gasteiger partial charge is 0.381 e. The van der Waals surface area contributed by atoms with Crippen LogP contribution in [0.4, 0.5) is 0 Å². The van der Waals surface area contributed by atoms with Gasteiger partial charge in [-0.1, -0.05) is 6.92 Å². The first kappa shape index (κ1) is 16.2. The highest BCUT2D eigenvalue weighted by Gasteiger charge is 2.35. The molecule has 2 saturated heterocycles. The highest BCUT2D eigenvalue weighted by atomic mass is 16.5. The second-order valence-corrected chi connectivity index (χ2v) is 6.76. The summed E-state index contributed by atoms with van der Waals surface area (Å²) in [5.41, 5.74) is 0.339. The Balaban J connectivity index is 1.83. The Kier molecular flexibility index (Phi) is 6.27. The summed E-state index contributed by atoms with van der Waals surface area (Å²) >= 11 is 0. The van der Waals surface area contributed by atoms with Crippen LogP contribution >= 0.6 is 0 Å². The molecule has 2 fully saturated rings. The number of hydrogen-bond donors (Lipinski definition) is 1. The van der Waals surface area contributed by atoms with E-state index in [9.17, 15) is 0 Å². The predicted molar refractivity (Wildman–Crippen MR) is 84.2 cm³/mol. The zero-order valence-corrected chi connectivity index (χ0v) is 13.7. The van der Waals surface area contributed by atoms with Crippen LogP contribution in [0, 0.1) is 5.41 Å². The molecule has 0 aliphatic carbocycles. The van der Waals surface area contributed by atoms with Gasteiger partial charge < -0.3 is 15.0 Å². The van der Waals surface area contributed by atoms with E-state index in [2.05, 4.69) is 36.0 Å². The van der Waals surface area contributed by atoms with Crippen LogP contribution in [0.15, 0.2) is 0 Å². The summed E-state index contributed by atoms with van der Waals surface area (Å²) in [7, 11) is 2.07. The Morgan fingerprint density at radius 3 is 2.55 bits per heavy atom. The average molecular weight is 283 g/mol. The fourth-order valence-electron chi connectivity index (χ4n) is 3.70. The van der Waals surface area contributed by atoms with E-state index < -0.39 is 0 Å². The van der Waals surface area contributed by atoms with Crippen LogP contribution in [-0.2, 0) is 4.74 Å². The average Bonchev–Trinajstić information content (AvgIpc) is 2.48. The minimum absolute atomic E-state index is 0.339. The first-order valence-electron chi connectivity index (χ1n) is 8.38. The number of nitrogens with one attached hydrogen (secondary N) is 1. The summed E-state index contributed by atoms with van der Waals surface area (Å²) in [5, 5.41) is 3.39. The van der Waals surface area contributed by atoms with E-state index >= 15 is 0 Å². The molecule has 0 amide bonds. The number of nitrogens with zero attached hydrogens (tertiary/aromatic N) is 2. The van der Waals surface area contributed by atoms with Gasteiger partial charge in [-0.25, -0.2) is 0 Å². The van der Waals surface area contributed by atoms with Crippen molar-refractivity contribution in [2.45, 2.75) is 39.2 Å². The molecular formula is C16H33N3O. The standard InChI is InChI=1S/C16H33N3O/c1-4-15(2)19-9-7-18(8-10-19)13-16(12-17-3)6-5-11-20-14-16/h15,17H,4-14H2,1-3H3. The Hall–Kier alpha value is -0.160. The van der Waals surface area contributed by atoms with Crippen molar-refractivity contribution in [3.05, 3.63) is 0 Å². The van der Waals surface area contributed by atoms with Crippen molar-refractivity contribution in [3.63, 3.8) is 0 Å². The van der Waals surface area contributed by atoms with E-state index in [4.69, 9.17) is 4.74 Å². The fourth-order valence-corrected chi connectivity index (χ4v) is 3.70. The maximum Gasteiger partial charge on any atom is 0.0546 e. The maximum absolute atomic E-state index is 5.78. The lowest BCUT2D eigenvalue weighted by molar-refractivity contribution is -0.0338. The minimum atomic E-state index is 0.339. The van der Waals surface area contributed by atoms with Gasteiger partial charge in [-0.05, 0) is 33.2 Å². The van der Waals surface area contributed by atoms with Crippen molar-refractivity contribution in [2.75, 3.05) is 59.5 Å². The molecule has 2 unspecified atom stereocenters. The van der Waals surface area contributed by atoms with Crippen LogP contribution < -0.4 is 5.32 Å². The third kappa shape index (κ3) is 4.17. The lowest BCUT2D eigenvalue weighted by atomic mass is 9.81. The Labute approximate surface area is 124 Å². The molecule has 0 bridgehead atoms. The van der Waals surface area contributed by atoms with Crippen molar-refractivity contribution in [1.82, 2.24) is 15.1 Å². The maximum atomic E-state index is 5.78. The smallest absolute Gasteiger partial charge is 0.0546 e. The van der Waals surface area contributed by atoms with Crippen molar-refractivity contribution in [3.8, 4) is 0 Å². The van der Waals surface area contributed by atoms with E-state index in [-0.39, 0.29) is 0 Å². The van der Waals surface area contributed by atoms with Crippen LogP contribution in [0.25, 0.3) is 0 Å². The third-order valence-electron chi connectivity index (χ3n) is 5.14. The number of rotatable bonds is 6. The molecule has 1 N–H and O–H groups in total. The molecule has 0 aromatic heterocycles.